The highest BCUT2D eigenvalue weighted by Crippen LogP contribution is 2.24. The Hall–Kier alpha value is -1.47. The van der Waals surface area contributed by atoms with Gasteiger partial charge in [-0.2, -0.15) is 0 Å². The van der Waals surface area contributed by atoms with Crippen LogP contribution >= 0.6 is 11.3 Å². The predicted molar refractivity (Wildman–Crippen MR) is 79.9 cm³/mol. The van der Waals surface area contributed by atoms with Crippen LogP contribution in [0.15, 0.2) is 5.38 Å². The van der Waals surface area contributed by atoms with Gasteiger partial charge >= 0.3 is 5.97 Å². The number of likely N-dealkylation sites (tertiary alicyclic amines) is 1. The minimum Gasteiger partial charge on any atom is -0.461 e. The molecule has 1 fully saturated rings. The molecule has 0 radical (unpaired) electrons. The summed E-state index contributed by atoms with van der Waals surface area (Å²) in [6.07, 6.45) is 1.79. The molecular weight excluding hydrogens is 290 g/mol. The van der Waals surface area contributed by atoms with E-state index in [9.17, 15) is 9.59 Å². The van der Waals surface area contributed by atoms with Crippen LogP contribution in [0.2, 0.25) is 0 Å². The van der Waals surface area contributed by atoms with Gasteiger partial charge in [0.2, 0.25) is 10.9 Å². The lowest BCUT2D eigenvalue weighted by molar-refractivity contribution is -0.124. The number of hydrogen-bond acceptors (Lipinski definition) is 6. The number of esters is 1. The van der Waals surface area contributed by atoms with Gasteiger partial charge in [0.25, 0.3) is 0 Å². The van der Waals surface area contributed by atoms with Gasteiger partial charge in [0.1, 0.15) is 0 Å². The zero-order chi connectivity index (χ0) is 15.4. The van der Waals surface area contributed by atoms with Crippen LogP contribution in [-0.2, 0) is 16.1 Å². The Bertz CT molecular complexity index is 517. The molecule has 1 aliphatic rings. The average molecular weight is 311 g/mol. The summed E-state index contributed by atoms with van der Waals surface area (Å²) >= 11 is 1.29. The summed E-state index contributed by atoms with van der Waals surface area (Å²) in [5.74, 6) is -0.711. The molecule has 6 nitrogen and oxygen atoms in total. The minimum absolute atomic E-state index is 0.0932. The zero-order valence-electron chi connectivity index (χ0n) is 12.4. The first-order valence-corrected chi connectivity index (χ1v) is 8.04. The van der Waals surface area contributed by atoms with Crippen LogP contribution in [0.5, 0.6) is 0 Å². The summed E-state index contributed by atoms with van der Waals surface area (Å²) in [4.78, 5) is 29.5. The molecule has 0 saturated carbocycles. The molecule has 0 aliphatic carbocycles. The van der Waals surface area contributed by atoms with Crippen molar-refractivity contribution in [1.29, 1.82) is 0 Å². The summed E-state index contributed by atoms with van der Waals surface area (Å²) in [6.45, 7) is 5.53. The van der Waals surface area contributed by atoms with Gasteiger partial charge < -0.3 is 10.5 Å². The third kappa shape index (κ3) is 4.01. The molecule has 1 aromatic heterocycles. The van der Waals surface area contributed by atoms with Crippen molar-refractivity contribution >= 4 is 23.2 Å². The highest BCUT2D eigenvalue weighted by Gasteiger charge is 2.29. The first kappa shape index (κ1) is 15.9. The topological polar surface area (TPSA) is 85.5 Å². The number of hydrogen-bond donors (Lipinski definition) is 1. The van der Waals surface area contributed by atoms with Crippen LogP contribution in [-0.4, -0.2) is 41.0 Å². The predicted octanol–water partition coefficient (Wildman–Crippen LogP) is 1.41. The van der Waals surface area contributed by atoms with E-state index in [4.69, 9.17) is 10.5 Å². The van der Waals surface area contributed by atoms with E-state index < -0.39 is 0 Å². The van der Waals surface area contributed by atoms with Crippen LogP contribution in [0.4, 0.5) is 0 Å². The van der Waals surface area contributed by atoms with Gasteiger partial charge in [0.15, 0.2) is 0 Å². The number of piperidine rings is 1. The second-order valence-electron chi connectivity index (χ2n) is 5.32. The molecule has 0 aromatic carbocycles. The molecule has 1 amide bonds. The highest BCUT2D eigenvalue weighted by molar-refractivity contribution is 7.11. The quantitative estimate of drug-likeness (QED) is 0.831. The smallest absolute Gasteiger partial charge is 0.367 e. The van der Waals surface area contributed by atoms with Crippen molar-refractivity contribution in [3.63, 3.8) is 0 Å². The summed E-state index contributed by atoms with van der Waals surface area (Å²) in [5, 5.41) is 2.25. The van der Waals surface area contributed by atoms with Crippen molar-refractivity contribution in [2.45, 2.75) is 39.3 Å². The highest BCUT2D eigenvalue weighted by atomic mass is 32.1. The van der Waals surface area contributed by atoms with Crippen LogP contribution in [0.25, 0.3) is 0 Å². The minimum atomic E-state index is -0.379. The van der Waals surface area contributed by atoms with Crippen LogP contribution in [0.1, 0.15) is 42.2 Å². The lowest BCUT2D eigenvalue weighted by atomic mass is 9.93. The molecule has 1 aliphatic heterocycles. The molecule has 1 saturated heterocycles. The van der Waals surface area contributed by atoms with E-state index in [1.54, 1.807) is 6.92 Å². The Morgan fingerprint density at radius 2 is 2.29 bits per heavy atom. The van der Waals surface area contributed by atoms with Gasteiger partial charge in [-0.3, -0.25) is 9.69 Å². The number of thiazole rings is 1. The first-order valence-electron chi connectivity index (χ1n) is 7.16. The Balaban J connectivity index is 2.00. The van der Waals surface area contributed by atoms with E-state index in [1.807, 2.05) is 5.38 Å². The Labute approximate surface area is 128 Å². The van der Waals surface area contributed by atoms with Gasteiger partial charge in [0.05, 0.1) is 18.2 Å². The fraction of sp³-hybridized carbons (Fsp3) is 0.643. The molecule has 7 heteroatoms. The second kappa shape index (κ2) is 7.00. The fourth-order valence-corrected chi connectivity index (χ4v) is 3.21. The van der Waals surface area contributed by atoms with Crippen molar-refractivity contribution in [1.82, 2.24) is 9.88 Å². The van der Waals surface area contributed by atoms with Crippen molar-refractivity contribution in [2.24, 2.45) is 11.7 Å². The van der Waals surface area contributed by atoms with Gasteiger partial charge in [-0.1, -0.05) is 0 Å². The maximum atomic E-state index is 11.6. The van der Waals surface area contributed by atoms with Crippen LogP contribution < -0.4 is 5.73 Å². The van der Waals surface area contributed by atoms with Crippen LogP contribution in [0, 0.1) is 5.92 Å². The Kier molecular flexibility index (Phi) is 5.30. The number of carbonyl (C=O) groups is 2. The average Bonchev–Trinajstić information content (AvgIpc) is 2.90. The maximum Gasteiger partial charge on any atom is 0.367 e. The van der Waals surface area contributed by atoms with Crippen molar-refractivity contribution in [3.05, 3.63) is 16.1 Å². The number of carbonyl (C=O) groups excluding carboxylic acids is 2. The lowest BCUT2D eigenvalue weighted by Crippen LogP contribution is -2.45. The lowest BCUT2D eigenvalue weighted by Gasteiger charge is -2.36. The standard InChI is InChI=1S/C14H21N3O3S/c1-3-20-14(19)13-16-11(8-21-13)7-17-6-10(12(15)18)5-4-9(17)2/h8-10H,3-7H2,1-2H3,(H2,15,18)/t9-,10+/m1/s1. The molecule has 2 N–H and O–H groups in total. The number of amides is 1. The van der Waals surface area contributed by atoms with E-state index >= 15 is 0 Å². The van der Waals surface area contributed by atoms with Crippen molar-refractivity contribution in [2.75, 3.05) is 13.2 Å². The summed E-state index contributed by atoms with van der Waals surface area (Å²) < 4.78 is 4.94. The third-order valence-corrected chi connectivity index (χ3v) is 4.65. The number of rotatable bonds is 5. The van der Waals surface area contributed by atoms with Crippen molar-refractivity contribution < 1.29 is 14.3 Å². The van der Waals surface area contributed by atoms with E-state index in [0.29, 0.717) is 30.7 Å². The fourth-order valence-electron chi connectivity index (χ4n) is 2.51. The monoisotopic (exact) mass is 311 g/mol. The Morgan fingerprint density at radius 3 is 2.95 bits per heavy atom. The summed E-state index contributed by atoms with van der Waals surface area (Å²) in [5.41, 5.74) is 6.24. The number of aromatic nitrogens is 1. The molecule has 116 valence electrons. The summed E-state index contributed by atoms with van der Waals surface area (Å²) in [7, 11) is 0. The molecule has 0 bridgehead atoms. The maximum absolute atomic E-state index is 11.6. The molecular formula is C14H21N3O3S. The van der Waals surface area contributed by atoms with Gasteiger partial charge in [-0.05, 0) is 26.7 Å². The van der Waals surface area contributed by atoms with Crippen molar-refractivity contribution in [3.8, 4) is 0 Å². The Morgan fingerprint density at radius 1 is 1.52 bits per heavy atom. The molecule has 1 aromatic rings. The van der Waals surface area contributed by atoms with Gasteiger partial charge in [-0.25, -0.2) is 9.78 Å². The SMILES string of the molecule is CCOC(=O)c1nc(CN2C[C@@H](C(N)=O)CC[C@H]2C)cs1. The normalized spacial score (nSPS) is 23.0. The third-order valence-electron chi connectivity index (χ3n) is 3.78. The largest absolute Gasteiger partial charge is 0.461 e. The molecule has 0 unspecified atom stereocenters. The number of ether oxygens (including phenoxy) is 1. The molecule has 0 spiro atoms. The zero-order valence-corrected chi connectivity index (χ0v) is 13.2. The van der Waals surface area contributed by atoms with E-state index in [1.165, 1.54) is 11.3 Å². The van der Waals surface area contributed by atoms with E-state index in [2.05, 4.69) is 16.8 Å². The number of nitrogens with zero attached hydrogens (tertiary/aromatic N) is 2. The van der Waals surface area contributed by atoms with E-state index in [0.717, 1.165) is 18.5 Å². The molecule has 2 rings (SSSR count). The van der Waals surface area contributed by atoms with Gasteiger partial charge in [-0.15, -0.1) is 11.3 Å². The van der Waals surface area contributed by atoms with Crippen LogP contribution in [0.3, 0.4) is 0 Å². The molecule has 2 heterocycles. The molecule has 2 atom stereocenters. The van der Waals surface area contributed by atoms with E-state index in [-0.39, 0.29) is 17.8 Å². The van der Waals surface area contributed by atoms with Gasteiger partial charge in [0, 0.05) is 24.5 Å². The number of nitrogens with two attached hydrogens (primary N) is 1. The molecule has 21 heavy (non-hydrogen) atoms. The summed E-state index contributed by atoms with van der Waals surface area (Å²) in [6, 6.07) is 0.383. The second-order valence-corrected chi connectivity index (χ2v) is 6.18. The number of primary amides is 1. The first-order chi connectivity index (χ1) is 10.0.